The third kappa shape index (κ3) is 2.82. The van der Waals surface area contributed by atoms with E-state index in [1.54, 1.807) is 0 Å². The third-order valence-electron chi connectivity index (χ3n) is 3.47. The highest BCUT2D eigenvalue weighted by Gasteiger charge is 2.40. The van der Waals surface area contributed by atoms with Crippen LogP contribution in [0.1, 0.15) is 17.9 Å². The van der Waals surface area contributed by atoms with Gasteiger partial charge >= 0.3 is 0 Å². The summed E-state index contributed by atoms with van der Waals surface area (Å²) in [6.07, 6.45) is 1.20. The Labute approximate surface area is 133 Å². The van der Waals surface area contributed by atoms with Gasteiger partial charge in [0.25, 0.3) is 0 Å². The summed E-state index contributed by atoms with van der Waals surface area (Å²) in [7, 11) is 2.09. The monoisotopic (exact) mass is 421 g/mol. The molecule has 1 heterocycles. The van der Waals surface area contributed by atoms with Gasteiger partial charge in [-0.2, -0.15) is 0 Å². The molecule has 1 aromatic rings. The molecule has 0 bridgehead atoms. The van der Waals surface area contributed by atoms with Gasteiger partial charge < -0.3 is 10.2 Å². The Bertz CT molecular complexity index is 463. The van der Waals surface area contributed by atoms with E-state index in [4.69, 9.17) is 0 Å². The standard InChI is InChI=1S/C13H16BrN3.HI/c1-17-7-6-15-13(17)16-12-8-10(12)9-4-2-3-5-11(9)14;/h2-5,10,12H,6-8H2,1H3,(H,15,16);1H/t10-,12+;/m0./s1. The molecule has 2 atom stereocenters. The van der Waals surface area contributed by atoms with E-state index in [0.717, 1.165) is 19.0 Å². The molecule has 5 heteroatoms. The first-order valence-electron chi connectivity index (χ1n) is 6.02. The molecule has 2 aliphatic rings. The van der Waals surface area contributed by atoms with Crippen LogP contribution < -0.4 is 5.32 Å². The summed E-state index contributed by atoms with van der Waals surface area (Å²) in [6, 6.07) is 9.04. The van der Waals surface area contributed by atoms with Gasteiger partial charge in [-0.25, -0.2) is 0 Å². The average Bonchev–Trinajstić information content (AvgIpc) is 2.96. The Balaban J connectivity index is 0.00000120. The number of guanidine groups is 1. The van der Waals surface area contributed by atoms with Crippen LogP contribution in [0.3, 0.4) is 0 Å². The minimum Gasteiger partial charge on any atom is -0.353 e. The third-order valence-corrected chi connectivity index (χ3v) is 4.19. The summed E-state index contributed by atoms with van der Waals surface area (Å²) in [5.74, 6) is 1.69. The second-order valence-electron chi connectivity index (χ2n) is 4.74. The molecule has 1 aromatic carbocycles. The fourth-order valence-corrected chi connectivity index (χ4v) is 2.91. The van der Waals surface area contributed by atoms with E-state index in [2.05, 4.69) is 62.5 Å². The smallest absolute Gasteiger partial charge is 0.194 e. The lowest BCUT2D eigenvalue weighted by Crippen LogP contribution is -2.37. The molecule has 0 spiro atoms. The van der Waals surface area contributed by atoms with Crippen molar-refractivity contribution in [3.63, 3.8) is 0 Å². The Hall–Kier alpha value is -0.300. The summed E-state index contributed by atoms with van der Waals surface area (Å²) in [4.78, 5) is 6.66. The largest absolute Gasteiger partial charge is 0.353 e. The van der Waals surface area contributed by atoms with Gasteiger partial charge in [0.2, 0.25) is 0 Å². The van der Waals surface area contributed by atoms with Crippen LogP contribution in [0.15, 0.2) is 33.7 Å². The molecule has 0 radical (unpaired) electrons. The highest BCUT2D eigenvalue weighted by Crippen LogP contribution is 2.43. The van der Waals surface area contributed by atoms with Crippen LogP contribution in [0.4, 0.5) is 0 Å². The van der Waals surface area contributed by atoms with Crippen molar-refractivity contribution in [1.29, 1.82) is 0 Å². The Morgan fingerprint density at radius 3 is 2.83 bits per heavy atom. The van der Waals surface area contributed by atoms with Crippen molar-refractivity contribution in [3.05, 3.63) is 34.3 Å². The predicted molar refractivity (Wildman–Crippen MR) is 88.8 cm³/mol. The summed E-state index contributed by atoms with van der Waals surface area (Å²) in [5.41, 5.74) is 1.41. The van der Waals surface area contributed by atoms with Gasteiger partial charge in [-0.05, 0) is 18.1 Å². The molecular formula is C13H17BrIN3. The molecule has 1 aliphatic carbocycles. The van der Waals surface area contributed by atoms with Crippen LogP contribution in [0.2, 0.25) is 0 Å². The average molecular weight is 422 g/mol. The summed E-state index contributed by atoms with van der Waals surface area (Å²) in [6.45, 7) is 1.96. The molecule has 1 N–H and O–H groups in total. The zero-order chi connectivity index (χ0) is 11.8. The zero-order valence-corrected chi connectivity index (χ0v) is 14.2. The number of rotatable bonds is 2. The lowest BCUT2D eigenvalue weighted by atomic mass is 10.1. The van der Waals surface area contributed by atoms with Gasteiger partial charge in [-0.3, -0.25) is 4.99 Å². The van der Waals surface area contributed by atoms with Crippen molar-refractivity contribution in [3.8, 4) is 0 Å². The molecule has 1 fully saturated rings. The number of likely N-dealkylation sites (N-methyl/N-ethyl adjacent to an activating group) is 1. The first-order chi connectivity index (χ1) is 8.25. The number of halogens is 2. The fraction of sp³-hybridized carbons (Fsp3) is 0.462. The quantitative estimate of drug-likeness (QED) is 0.743. The highest BCUT2D eigenvalue weighted by atomic mass is 127. The van der Waals surface area contributed by atoms with E-state index in [9.17, 15) is 0 Å². The van der Waals surface area contributed by atoms with Crippen molar-refractivity contribution < 1.29 is 0 Å². The highest BCUT2D eigenvalue weighted by molar-refractivity contribution is 14.0. The van der Waals surface area contributed by atoms with Crippen LogP contribution in [0.25, 0.3) is 0 Å². The molecule has 1 aliphatic heterocycles. The maximum atomic E-state index is 4.47. The first-order valence-corrected chi connectivity index (χ1v) is 6.81. The molecular weight excluding hydrogens is 405 g/mol. The van der Waals surface area contributed by atoms with Crippen molar-refractivity contribution in [1.82, 2.24) is 10.2 Å². The molecule has 0 amide bonds. The van der Waals surface area contributed by atoms with Crippen LogP contribution in [-0.4, -0.2) is 37.0 Å². The second kappa shape index (κ2) is 5.77. The van der Waals surface area contributed by atoms with E-state index in [1.807, 2.05) is 0 Å². The SMILES string of the molecule is CN1CCN=C1N[C@@H]1C[C@H]1c1ccccc1Br.I. The van der Waals surface area contributed by atoms with E-state index in [0.29, 0.717) is 12.0 Å². The number of benzene rings is 1. The van der Waals surface area contributed by atoms with Crippen LogP contribution in [0.5, 0.6) is 0 Å². The van der Waals surface area contributed by atoms with Gasteiger partial charge in [-0.1, -0.05) is 34.1 Å². The van der Waals surface area contributed by atoms with Gasteiger partial charge in [0.15, 0.2) is 5.96 Å². The molecule has 0 saturated heterocycles. The number of nitrogens with zero attached hydrogens (tertiary/aromatic N) is 2. The minimum absolute atomic E-state index is 0. The lowest BCUT2D eigenvalue weighted by molar-refractivity contribution is 0.532. The van der Waals surface area contributed by atoms with E-state index < -0.39 is 0 Å². The number of hydrogen-bond donors (Lipinski definition) is 1. The topological polar surface area (TPSA) is 27.6 Å². The first kappa shape index (κ1) is 14.1. The van der Waals surface area contributed by atoms with Crippen molar-refractivity contribution >= 4 is 45.9 Å². The van der Waals surface area contributed by atoms with Crippen molar-refractivity contribution in [2.45, 2.75) is 18.4 Å². The predicted octanol–water partition coefficient (Wildman–Crippen LogP) is 2.81. The number of nitrogens with one attached hydrogen (secondary N) is 1. The molecule has 3 nitrogen and oxygen atoms in total. The van der Waals surface area contributed by atoms with Gasteiger partial charge in [0, 0.05) is 30.0 Å². The van der Waals surface area contributed by atoms with Crippen LogP contribution >= 0.6 is 39.9 Å². The van der Waals surface area contributed by atoms with Gasteiger partial charge in [0.05, 0.1) is 6.54 Å². The van der Waals surface area contributed by atoms with E-state index in [1.165, 1.54) is 16.5 Å². The number of aliphatic imine (C=N–C) groups is 1. The van der Waals surface area contributed by atoms with Crippen molar-refractivity contribution in [2.24, 2.45) is 4.99 Å². The maximum absolute atomic E-state index is 4.47. The molecule has 0 unspecified atom stereocenters. The molecule has 18 heavy (non-hydrogen) atoms. The molecule has 98 valence electrons. The van der Waals surface area contributed by atoms with Crippen molar-refractivity contribution in [2.75, 3.05) is 20.1 Å². The minimum atomic E-state index is 0. The normalized spacial score (nSPS) is 25.4. The van der Waals surface area contributed by atoms with Crippen LogP contribution in [0, 0.1) is 0 Å². The lowest BCUT2D eigenvalue weighted by Gasteiger charge is -2.15. The Morgan fingerprint density at radius 1 is 1.39 bits per heavy atom. The summed E-state index contributed by atoms with van der Waals surface area (Å²) >= 11 is 3.62. The Kier molecular flexibility index (Phi) is 4.53. The van der Waals surface area contributed by atoms with Crippen LogP contribution in [-0.2, 0) is 0 Å². The van der Waals surface area contributed by atoms with Gasteiger partial charge in [-0.15, -0.1) is 24.0 Å². The summed E-state index contributed by atoms with van der Waals surface area (Å²) in [5, 5.41) is 3.53. The molecule has 1 saturated carbocycles. The Morgan fingerprint density at radius 2 is 2.17 bits per heavy atom. The summed E-state index contributed by atoms with van der Waals surface area (Å²) < 4.78 is 1.22. The molecule has 3 rings (SSSR count). The zero-order valence-electron chi connectivity index (χ0n) is 10.3. The second-order valence-corrected chi connectivity index (χ2v) is 5.60. The maximum Gasteiger partial charge on any atom is 0.194 e. The van der Waals surface area contributed by atoms with E-state index in [-0.39, 0.29) is 24.0 Å². The molecule has 0 aromatic heterocycles. The van der Waals surface area contributed by atoms with Gasteiger partial charge in [0.1, 0.15) is 0 Å². The number of hydrogen-bond acceptors (Lipinski definition) is 3. The van der Waals surface area contributed by atoms with E-state index >= 15 is 0 Å². The fourth-order valence-electron chi connectivity index (χ4n) is 2.33.